The molecule has 1 aliphatic heterocycles. The molecule has 0 aromatic carbocycles. The maximum Gasteiger partial charge on any atom is 0.225 e. The third-order valence-electron chi connectivity index (χ3n) is 3.17. The fourth-order valence-corrected chi connectivity index (χ4v) is 1.66. The molecule has 1 rings (SSSR count). The van der Waals surface area contributed by atoms with Crippen LogP contribution in [0.5, 0.6) is 0 Å². The van der Waals surface area contributed by atoms with E-state index in [4.69, 9.17) is 0 Å². The molecule has 0 saturated carbocycles. The van der Waals surface area contributed by atoms with Crippen LogP contribution >= 0.6 is 0 Å². The molecule has 1 heterocycles. The van der Waals surface area contributed by atoms with E-state index in [0.29, 0.717) is 5.92 Å². The SMILES string of the molecule is CC(C)C(C)C(=O)N1CCC(O)CC1. The molecule has 3 nitrogen and oxygen atoms in total. The Morgan fingerprint density at radius 2 is 1.79 bits per heavy atom. The molecule has 1 amide bonds. The second-order valence-corrected chi connectivity index (χ2v) is 4.59. The lowest BCUT2D eigenvalue weighted by Gasteiger charge is -2.32. The van der Waals surface area contributed by atoms with Crippen molar-refractivity contribution < 1.29 is 9.90 Å². The first-order valence-electron chi connectivity index (χ1n) is 5.49. The molecular weight excluding hydrogens is 178 g/mol. The third kappa shape index (κ3) is 2.71. The lowest BCUT2D eigenvalue weighted by molar-refractivity contribution is -0.138. The Bertz CT molecular complexity index is 195. The van der Waals surface area contributed by atoms with Crippen LogP contribution in [0.1, 0.15) is 33.6 Å². The summed E-state index contributed by atoms with van der Waals surface area (Å²) in [6.07, 6.45) is 1.26. The first-order chi connectivity index (χ1) is 6.52. The zero-order valence-corrected chi connectivity index (χ0v) is 9.36. The van der Waals surface area contributed by atoms with Gasteiger partial charge in [-0.15, -0.1) is 0 Å². The first-order valence-corrected chi connectivity index (χ1v) is 5.49. The van der Waals surface area contributed by atoms with Crippen LogP contribution in [-0.2, 0) is 4.79 Å². The fraction of sp³-hybridized carbons (Fsp3) is 0.909. The maximum absolute atomic E-state index is 11.9. The molecule has 1 aliphatic rings. The highest BCUT2D eigenvalue weighted by molar-refractivity contribution is 5.78. The van der Waals surface area contributed by atoms with Crippen molar-refractivity contribution in [2.45, 2.75) is 39.7 Å². The summed E-state index contributed by atoms with van der Waals surface area (Å²) in [5.74, 6) is 0.742. The van der Waals surface area contributed by atoms with Gasteiger partial charge in [0.1, 0.15) is 0 Å². The minimum absolute atomic E-state index is 0.102. The zero-order valence-electron chi connectivity index (χ0n) is 9.36. The molecule has 0 aromatic heterocycles. The van der Waals surface area contributed by atoms with Crippen molar-refractivity contribution in [1.29, 1.82) is 0 Å². The van der Waals surface area contributed by atoms with Gasteiger partial charge in [0.05, 0.1) is 6.10 Å². The Balaban J connectivity index is 2.45. The van der Waals surface area contributed by atoms with Gasteiger partial charge >= 0.3 is 0 Å². The summed E-state index contributed by atoms with van der Waals surface area (Å²) in [7, 11) is 0. The lowest BCUT2D eigenvalue weighted by Crippen LogP contribution is -2.43. The van der Waals surface area contributed by atoms with Gasteiger partial charge in [-0.1, -0.05) is 20.8 Å². The number of piperidine rings is 1. The highest BCUT2D eigenvalue weighted by Crippen LogP contribution is 2.17. The first kappa shape index (κ1) is 11.5. The van der Waals surface area contributed by atoms with Gasteiger partial charge in [0.2, 0.25) is 5.91 Å². The Hall–Kier alpha value is -0.570. The van der Waals surface area contributed by atoms with Crippen LogP contribution < -0.4 is 0 Å². The molecule has 1 saturated heterocycles. The molecular formula is C11H21NO2. The van der Waals surface area contributed by atoms with Crippen molar-refractivity contribution in [2.24, 2.45) is 11.8 Å². The van der Waals surface area contributed by atoms with Gasteiger partial charge < -0.3 is 10.0 Å². The van der Waals surface area contributed by atoms with E-state index in [1.165, 1.54) is 0 Å². The van der Waals surface area contributed by atoms with Crippen molar-refractivity contribution in [3.63, 3.8) is 0 Å². The molecule has 14 heavy (non-hydrogen) atoms. The van der Waals surface area contributed by atoms with Gasteiger partial charge in [0.15, 0.2) is 0 Å². The van der Waals surface area contributed by atoms with Crippen molar-refractivity contribution in [1.82, 2.24) is 4.90 Å². The molecule has 0 aliphatic carbocycles. The summed E-state index contributed by atoms with van der Waals surface area (Å²) in [4.78, 5) is 13.8. The number of carbonyl (C=O) groups excluding carboxylic acids is 1. The predicted molar refractivity (Wildman–Crippen MR) is 55.8 cm³/mol. The van der Waals surface area contributed by atoms with Gasteiger partial charge in [-0.05, 0) is 18.8 Å². The maximum atomic E-state index is 11.9. The normalized spacial score (nSPS) is 21.4. The van der Waals surface area contributed by atoms with E-state index in [2.05, 4.69) is 13.8 Å². The van der Waals surface area contributed by atoms with Crippen molar-refractivity contribution in [3.8, 4) is 0 Å². The zero-order chi connectivity index (χ0) is 10.7. The van der Waals surface area contributed by atoms with Crippen LogP contribution in [-0.4, -0.2) is 35.1 Å². The summed E-state index contributed by atoms with van der Waals surface area (Å²) in [5.41, 5.74) is 0. The summed E-state index contributed by atoms with van der Waals surface area (Å²) >= 11 is 0. The standard InChI is InChI=1S/C11H21NO2/c1-8(2)9(3)11(14)12-6-4-10(13)5-7-12/h8-10,13H,4-7H2,1-3H3. The number of hydrogen-bond acceptors (Lipinski definition) is 2. The average molecular weight is 199 g/mol. The molecule has 3 heteroatoms. The van der Waals surface area contributed by atoms with Crippen LogP contribution in [0.3, 0.4) is 0 Å². The van der Waals surface area contributed by atoms with Gasteiger partial charge in [-0.25, -0.2) is 0 Å². The number of aliphatic hydroxyl groups is 1. The highest BCUT2D eigenvalue weighted by Gasteiger charge is 2.26. The molecule has 0 bridgehead atoms. The summed E-state index contributed by atoms with van der Waals surface area (Å²) in [6, 6.07) is 0. The van der Waals surface area contributed by atoms with E-state index in [1.54, 1.807) is 0 Å². The van der Waals surface area contributed by atoms with E-state index in [1.807, 2.05) is 11.8 Å². The van der Waals surface area contributed by atoms with E-state index in [0.717, 1.165) is 25.9 Å². The number of rotatable bonds is 2. The fourth-order valence-electron chi connectivity index (χ4n) is 1.66. The second-order valence-electron chi connectivity index (χ2n) is 4.59. The molecule has 1 atom stereocenters. The van der Waals surface area contributed by atoms with E-state index < -0.39 is 0 Å². The summed E-state index contributed by atoms with van der Waals surface area (Å²) < 4.78 is 0. The number of carbonyl (C=O) groups is 1. The quantitative estimate of drug-likeness (QED) is 0.727. The Morgan fingerprint density at radius 3 is 2.21 bits per heavy atom. The Kier molecular flexibility index (Phi) is 3.93. The van der Waals surface area contributed by atoms with Crippen LogP contribution in [0.4, 0.5) is 0 Å². The topological polar surface area (TPSA) is 40.5 Å². The summed E-state index contributed by atoms with van der Waals surface area (Å²) in [5, 5.41) is 9.32. The number of nitrogens with zero attached hydrogens (tertiary/aromatic N) is 1. The van der Waals surface area contributed by atoms with E-state index in [-0.39, 0.29) is 17.9 Å². The number of hydrogen-bond donors (Lipinski definition) is 1. The van der Waals surface area contributed by atoms with Crippen LogP contribution in [0.15, 0.2) is 0 Å². The second kappa shape index (κ2) is 4.78. The molecule has 0 spiro atoms. The molecule has 0 aromatic rings. The van der Waals surface area contributed by atoms with Gasteiger partial charge in [-0.3, -0.25) is 4.79 Å². The largest absolute Gasteiger partial charge is 0.393 e. The lowest BCUT2D eigenvalue weighted by atomic mass is 9.95. The van der Waals surface area contributed by atoms with Crippen molar-refractivity contribution in [2.75, 3.05) is 13.1 Å². The third-order valence-corrected chi connectivity index (χ3v) is 3.17. The minimum Gasteiger partial charge on any atom is -0.393 e. The van der Waals surface area contributed by atoms with E-state index >= 15 is 0 Å². The predicted octanol–water partition coefficient (Wildman–Crippen LogP) is 1.26. The monoisotopic (exact) mass is 199 g/mol. The van der Waals surface area contributed by atoms with Crippen molar-refractivity contribution >= 4 is 5.91 Å². The minimum atomic E-state index is -0.201. The van der Waals surface area contributed by atoms with Crippen LogP contribution in [0.25, 0.3) is 0 Å². The Morgan fingerprint density at radius 1 is 1.29 bits per heavy atom. The Labute approximate surface area is 86.1 Å². The number of likely N-dealkylation sites (tertiary alicyclic amines) is 1. The molecule has 0 radical (unpaired) electrons. The average Bonchev–Trinajstić information content (AvgIpc) is 2.16. The summed E-state index contributed by atoms with van der Waals surface area (Å²) in [6.45, 7) is 7.56. The highest BCUT2D eigenvalue weighted by atomic mass is 16.3. The van der Waals surface area contributed by atoms with E-state index in [9.17, 15) is 9.90 Å². The van der Waals surface area contributed by atoms with Crippen LogP contribution in [0.2, 0.25) is 0 Å². The smallest absolute Gasteiger partial charge is 0.225 e. The van der Waals surface area contributed by atoms with Crippen LogP contribution in [0, 0.1) is 11.8 Å². The molecule has 1 N–H and O–H groups in total. The van der Waals surface area contributed by atoms with Gasteiger partial charge in [-0.2, -0.15) is 0 Å². The molecule has 1 unspecified atom stereocenters. The number of amides is 1. The number of aliphatic hydroxyl groups excluding tert-OH is 1. The van der Waals surface area contributed by atoms with Gasteiger partial charge in [0.25, 0.3) is 0 Å². The molecule has 1 fully saturated rings. The van der Waals surface area contributed by atoms with Gasteiger partial charge in [0, 0.05) is 19.0 Å². The molecule has 82 valence electrons. The van der Waals surface area contributed by atoms with Crippen molar-refractivity contribution in [3.05, 3.63) is 0 Å².